The SMILES string of the molecule is Cc1ccc(OCCNC(=O)c2ccc(S(=O)(=O)N(C)C)cc2)cc1C. The van der Waals surface area contributed by atoms with Gasteiger partial charge in [0, 0.05) is 19.7 Å². The molecule has 0 spiro atoms. The predicted octanol–water partition coefficient (Wildman–Crippen LogP) is 2.36. The largest absolute Gasteiger partial charge is 0.492 e. The highest BCUT2D eigenvalue weighted by Crippen LogP contribution is 2.16. The minimum absolute atomic E-state index is 0.150. The number of carbonyl (C=O) groups is 1. The summed E-state index contributed by atoms with van der Waals surface area (Å²) in [7, 11) is -0.568. The van der Waals surface area contributed by atoms with Crippen molar-refractivity contribution in [1.29, 1.82) is 0 Å². The van der Waals surface area contributed by atoms with Gasteiger partial charge >= 0.3 is 0 Å². The van der Waals surface area contributed by atoms with Crippen LogP contribution in [0.25, 0.3) is 0 Å². The summed E-state index contributed by atoms with van der Waals surface area (Å²) in [6, 6.07) is 11.7. The first-order valence-corrected chi connectivity index (χ1v) is 9.66. The smallest absolute Gasteiger partial charge is 0.251 e. The Balaban J connectivity index is 1.87. The molecule has 0 aliphatic heterocycles. The van der Waals surface area contributed by atoms with Crippen molar-refractivity contribution < 1.29 is 17.9 Å². The molecule has 0 saturated heterocycles. The van der Waals surface area contributed by atoms with Crippen LogP contribution >= 0.6 is 0 Å². The molecule has 0 aromatic heterocycles. The van der Waals surface area contributed by atoms with Gasteiger partial charge in [0.1, 0.15) is 12.4 Å². The maximum absolute atomic E-state index is 12.1. The first-order valence-electron chi connectivity index (χ1n) is 8.22. The van der Waals surface area contributed by atoms with Crippen LogP contribution in [0.15, 0.2) is 47.4 Å². The van der Waals surface area contributed by atoms with Crippen LogP contribution in [0.4, 0.5) is 0 Å². The highest BCUT2D eigenvalue weighted by molar-refractivity contribution is 7.89. The van der Waals surface area contributed by atoms with Gasteiger partial charge in [0.2, 0.25) is 10.0 Å². The summed E-state index contributed by atoms with van der Waals surface area (Å²) in [4.78, 5) is 12.3. The lowest BCUT2D eigenvalue weighted by Gasteiger charge is -2.12. The van der Waals surface area contributed by atoms with Gasteiger partial charge in [-0.25, -0.2) is 12.7 Å². The molecule has 0 radical (unpaired) electrons. The van der Waals surface area contributed by atoms with Gasteiger partial charge in [0.25, 0.3) is 5.91 Å². The molecule has 2 aromatic rings. The second-order valence-corrected chi connectivity index (χ2v) is 8.31. The van der Waals surface area contributed by atoms with Crippen molar-refractivity contribution in [3.8, 4) is 5.75 Å². The minimum Gasteiger partial charge on any atom is -0.492 e. The Morgan fingerprint density at radius 2 is 1.69 bits per heavy atom. The van der Waals surface area contributed by atoms with Gasteiger partial charge in [-0.2, -0.15) is 0 Å². The second kappa shape index (κ2) is 8.33. The maximum Gasteiger partial charge on any atom is 0.251 e. The number of carbonyl (C=O) groups excluding carboxylic acids is 1. The van der Waals surface area contributed by atoms with Gasteiger partial charge in [0.05, 0.1) is 11.4 Å². The van der Waals surface area contributed by atoms with E-state index in [2.05, 4.69) is 5.32 Å². The van der Waals surface area contributed by atoms with Crippen LogP contribution in [-0.2, 0) is 10.0 Å². The summed E-state index contributed by atoms with van der Waals surface area (Å²) >= 11 is 0. The third kappa shape index (κ3) is 4.83. The van der Waals surface area contributed by atoms with Crippen LogP contribution in [-0.4, -0.2) is 45.9 Å². The molecule has 2 aromatic carbocycles. The number of benzene rings is 2. The van der Waals surface area contributed by atoms with Crippen molar-refractivity contribution in [1.82, 2.24) is 9.62 Å². The van der Waals surface area contributed by atoms with Crippen molar-refractivity contribution >= 4 is 15.9 Å². The number of nitrogens with one attached hydrogen (secondary N) is 1. The summed E-state index contributed by atoms with van der Waals surface area (Å²) in [5.74, 6) is 0.489. The van der Waals surface area contributed by atoms with Crippen molar-refractivity contribution in [2.24, 2.45) is 0 Å². The number of amides is 1. The Bertz CT molecular complexity index is 875. The Morgan fingerprint density at radius 1 is 1.04 bits per heavy atom. The fourth-order valence-electron chi connectivity index (χ4n) is 2.23. The first kappa shape index (κ1) is 19.9. The van der Waals surface area contributed by atoms with E-state index < -0.39 is 10.0 Å². The molecule has 1 amide bonds. The molecule has 0 saturated carbocycles. The van der Waals surface area contributed by atoms with E-state index in [9.17, 15) is 13.2 Å². The average Bonchev–Trinajstić information content (AvgIpc) is 2.61. The summed E-state index contributed by atoms with van der Waals surface area (Å²) in [6.07, 6.45) is 0. The zero-order chi connectivity index (χ0) is 19.3. The molecular formula is C19H24N2O4S. The normalized spacial score (nSPS) is 11.4. The molecule has 0 heterocycles. The number of nitrogens with zero attached hydrogens (tertiary/aromatic N) is 1. The summed E-state index contributed by atoms with van der Waals surface area (Å²) < 4.78 is 30.8. The topological polar surface area (TPSA) is 75.7 Å². The monoisotopic (exact) mass is 376 g/mol. The van der Waals surface area contributed by atoms with Gasteiger partial charge in [-0.15, -0.1) is 0 Å². The van der Waals surface area contributed by atoms with Crippen LogP contribution in [0.1, 0.15) is 21.5 Å². The number of hydrogen-bond acceptors (Lipinski definition) is 4. The predicted molar refractivity (Wildman–Crippen MR) is 101 cm³/mol. The van der Waals surface area contributed by atoms with E-state index in [1.165, 1.54) is 43.9 Å². The Hall–Kier alpha value is -2.38. The standard InChI is InChI=1S/C19H24N2O4S/c1-14-5-8-17(13-15(14)2)25-12-11-20-19(22)16-6-9-18(10-7-16)26(23,24)21(3)4/h5-10,13H,11-12H2,1-4H3,(H,20,22). The fraction of sp³-hybridized carbons (Fsp3) is 0.316. The fourth-order valence-corrected chi connectivity index (χ4v) is 3.13. The maximum atomic E-state index is 12.1. The second-order valence-electron chi connectivity index (χ2n) is 6.16. The molecule has 6 nitrogen and oxygen atoms in total. The van der Waals surface area contributed by atoms with E-state index in [1.807, 2.05) is 32.0 Å². The minimum atomic E-state index is -3.50. The molecule has 2 rings (SSSR count). The van der Waals surface area contributed by atoms with Crippen molar-refractivity contribution in [3.05, 3.63) is 59.2 Å². The highest BCUT2D eigenvalue weighted by atomic mass is 32.2. The number of rotatable bonds is 7. The zero-order valence-electron chi connectivity index (χ0n) is 15.4. The van der Waals surface area contributed by atoms with Gasteiger partial charge in [0.15, 0.2) is 0 Å². The van der Waals surface area contributed by atoms with Gasteiger partial charge in [-0.3, -0.25) is 4.79 Å². The van der Waals surface area contributed by atoms with Crippen LogP contribution < -0.4 is 10.1 Å². The van der Waals surface area contributed by atoms with Gasteiger partial charge < -0.3 is 10.1 Å². The van der Waals surface area contributed by atoms with Crippen molar-refractivity contribution in [2.45, 2.75) is 18.7 Å². The van der Waals surface area contributed by atoms with Crippen LogP contribution in [0.5, 0.6) is 5.75 Å². The Morgan fingerprint density at radius 3 is 2.27 bits per heavy atom. The molecular weight excluding hydrogens is 352 g/mol. The first-order chi connectivity index (χ1) is 12.2. The van der Waals surface area contributed by atoms with Crippen molar-refractivity contribution in [3.63, 3.8) is 0 Å². The number of sulfonamides is 1. The third-order valence-corrected chi connectivity index (χ3v) is 5.86. The Labute approximate surface area is 154 Å². The van der Waals surface area contributed by atoms with Crippen LogP contribution in [0.2, 0.25) is 0 Å². The molecule has 0 aliphatic carbocycles. The molecule has 7 heteroatoms. The summed E-state index contributed by atoms with van der Waals surface area (Å²) in [5.41, 5.74) is 2.75. The van der Waals surface area contributed by atoms with E-state index in [0.717, 1.165) is 15.6 Å². The molecule has 0 aliphatic rings. The van der Waals surface area contributed by atoms with E-state index in [0.29, 0.717) is 18.7 Å². The van der Waals surface area contributed by atoms with E-state index in [4.69, 9.17) is 4.74 Å². The zero-order valence-corrected chi connectivity index (χ0v) is 16.3. The molecule has 140 valence electrons. The van der Waals surface area contributed by atoms with Gasteiger partial charge in [-0.05, 0) is 61.4 Å². The Kier molecular flexibility index (Phi) is 6.39. The van der Waals surface area contributed by atoms with Crippen LogP contribution in [0, 0.1) is 13.8 Å². The lowest BCUT2D eigenvalue weighted by molar-refractivity contribution is 0.0947. The summed E-state index contributed by atoms with van der Waals surface area (Å²) in [5, 5.41) is 2.75. The number of aryl methyl sites for hydroxylation is 2. The number of ether oxygens (including phenoxy) is 1. The van der Waals surface area contributed by atoms with E-state index in [1.54, 1.807) is 0 Å². The quantitative estimate of drug-likeness (QED) is 0.753. The van der Waals surface area contributed by atoms with Crippen LogP contribution in [0.3, 0.4) is 0 Å². The van der Waals surface area contributed by atoms with E-state index >= 15 is 0 Å². The molecule has 1 N–H and O–H groups in total. The molecule has 0 unspecified atom stereocenters. The molecule has 0 bridgehead atoms. The van der Waals surface area contributed by atoms with E-state index in [-0.39, 0.29) is 10.8 Å². The molecule has 26 heavy (non-hydrogen) atoms. The summed E-state index contributed by atoms with van der Waals surface area (Å²) in [6.45, 7) is 4.75. The molecule has 0 atom stereocenters. The lowest BCUT2D eigenvalue weighted by Crippen LogP contribution is -2.28. The third-order valence-electron chi connectivity index (χ3n) is 4.03. The van der Waals surface area contributed by atoms with Gasteiger partial charge in [-0.1, -0.05) is 6.07 Å². The number of hydrogen-bond donors (Lipinski definition) is 1. The average molecular weight is 376 g/mol. The van der Waals surface area contributed by atoms with Crippen molar-refractivity contribution in [2.75, 3.05) is 27.2 Å². The highest BCUT2D eigenvalue weighted by Gasteiger charge is 2.17. The molecule has 0 fully saturated rings. The lowest BCUT2D eigenvalue weighted by atomic mass is 10.1.